The number of hydrogen-bond acceptors (Lipinski definition) is 2. The van der Waals surface area contributed by atoms with Crippen LogP contribution in [0.5, 0.6) is 5.75 Å². The van der Waals surface area contributed by atoms with Crippen molar-refractivity contribution < 1.29 is 9.53 Å². The fourth-order valence-corrected chi connectivity index (χ4v) is 2.32. The summed E-state index contributed by atoms with van der Waals surface area (Å²) >= 11 is 6.03. The van der Waals surface area contributed by atoms with Gasteiger partial charge in [-0.05, 0) is 44.4 Å². The Balaban J connectivity index is 2.39. The zero-order chi connectivity index (χ0) is 14.2. The molecule has 0 spiro atoms. The quantitative estimate of drug-likeness (QED) is 0.841. The first kappa shape index (κ1) is 14.2. The third-order valence-corrected chi connectivity index (χ3v) is 3.50. The van der Waals surface area contributed by atoms with E-state index in [0.717, 1.165) is 17.9 Å². The number of ether oxygens (including phenoxy) is 1. The molecule has 1 aliphatic heterocycles. The van der Waals surface area contributed by atoms with Crippen molar-refractivity contribution in [2.24, 2.45) is 5.92 Å². The lowest BCUT2D eigenvalue weighted by atomic mass is 10.0. The number of anilines is 1. The molecule has 19 heavy (non-hydrogen) atoms. The molecule has 0 bridgehead atoms. The van der Waals surface area contributed by atoms with Crippen LogP contribution in [0.15, 0.2) is 18.2 Å². The molecule has 1 amide bonds. The van der Waals surface area contributed by atoms with Crippen LogP contribution in [0.4, 0.5) is 5.69 Å². The topological polar surface area (TPSA) is 29.5 Å². The van der Waals surface area contributed by atoms with Crippen molar-refractivity contribution in [3.63, 3.8) is 0 Å². The zero-order valence-electron chi connectivity index (χ0n) is 11.9. The Labute approximate surface area is 119 Å². The van der Waals surface area contributed by atoms with E-state index in [2.05, 4.69) is 13.8 Å². The van der Waals surface area contributed by atoms with E-state index < -0.39 is 5.60 Å². The third kappa shape index (κ3) is 2.86. The number of halogens is 1. The van der Waals surface area contributed by atoms with Crippen molar-refractivity contribution >= 4 is 23.2 Å². The Morgan fingerprint density at radius 3 is 2.68 bits per heavy atom. The molecule has 0 N–H and O–H groups in total. The normalized spacial score (nSPS) is 17.4. The predicted octanol–water partition coefficient (Wildman–Crippen LogP) is 3.89. The van der Waals surface area contributed by atoms with Gasteiger partial charge in [0.15, 0.2) is 5.60 Å². The lowest BCUT2D eigenvalue weighted by molar-refractivity contribution is -0.132. The maximum atomic E-state index is 12.5. The highest BCUT2D eigenvalue weighted by Crippen LogP contribution is 2.39. The molecule has 1 aromatic carbocycles. The van der Waals surface area contributed by atoms with Crippen LogP contribution in [0.3, 0.4) is 0 Å². The Bertz CT molecular complexity index is 497. The molecular formula is C15H20ClNO2. The molecule has 0 fully saturated rings. The fraction of sp³-hybridized carbons (Fsp3) is 0.533. The van der Waals surface area contributed by atoms with Gasteiger partial charge in [0.05, 0.1) is 5.69 Å². The van der Waals surface area contributed by atoms with Crippen molar-refractivity contribution in [3.05, 3.63) is 23.2 Å². The van der Waals surface area contributed by atoms with Crippen LogP contribution in [0, 0.1) is 5.92 Å². The summed E-state index contributed by atoms with van der Waals surface area (Å²) in [4.78, 5) is 14.3. The van der Waals surface area contributed by atoms with E-state index in [1.807, 2.05) is 6.07 Å². The van der Waals surface area contributed by atoms with E-state index in [4.69, 9.17) is 16.3 Å². The second-order valence-electron chi connectivity index (χ2n) is 5.86. The highest BCUT2D eigenvalue weighted by Gasteiger charge is 2.40. The summed E-state index contributed by atoms with van der Waals surface area (Å²) in [5.41, 5.74) is -0.0462. The van der Waals surface area contributed by atoms with Crippen molar-refractivity contribution in [2.45, 2.75) is 39.7 Å². The maximum Gasteiger partial charge on any atom is 0.270 e. The Morgan fingerprint density at radius 2 is 2.05 bits per heavy atom. The molecule has 0 saturated carbocycles. The summed E-state index contributed by atoms with van der Waals surface area (Å²) < 4.78 is 5.77. The maximum absolute atomic E-state index is 12.5. The lowest BCUT2D eigenvalue weighted by Gasteiger charge is -2.39. The van der Waals surface area contributed by atoms with E-state index >= 15 is 0 Å². The minimum atomic E-state index is -0.822. The molecule has 4 heteroatoms. The molecule has 0 aromatic heterocycles. The summed E-state index contributed by atoms with van der Waals surface area (Å²) in [5.74, 6) is 1.25. The number of benzene rings is 1. The smallest absolute Gasteiger partial charge is 0.270 e. The van der Waals surface area contributed by atoms with Crippen molar-refractivity contribution in [1.29, 1.82) is 0 Å². The van der Waals surface area contributed by atoms with Crippen molar-refractivity contribution in [3.8, 4) is 5.75 Å². The number of nitrogens with zero attached hydrogens (tertiary/aromatic N) is 1. The number of fused-ring (bicyclic) bond motifs is 1. The van der Waals surface area contributed by atoms with E-state index in [9.17, 15) is 4.79 Å². The van der Waals surface area contributed by atoms with Gasteiger partial charge in [-0.1, -0.05) is 25.4 Å². The van der Waals surface area contributed by atoms with Crippen LogP contribution in [0.25, 0.3) is 0 Å². The van der Waals surface area contributed by atoms with Crippen LogP contribution in [0.1, 0.15) is 34.1 Å². The molecule has 0 radical (unpaired) electrons. The summed E-state index contributed by atoms with van der Waals surface area (Å²) in [5, 5.41) is 0.615. The molecule has 1 aromatic rings. The van der Waals surface area contributed by atoms with Gasteiger partial charge in [-0.3, -0.25) is 4.79 Å². The number of amides is 1. The van der Waals surface area contributed by atoms with Gasteiger partial charge in [-0.2, -0.15) is 0 Å². The van der Waals surface area contributed by atoms with Crippen LogP contribution in [-0.4, -0.2) is 18.1 Å². The van der Waals surface area contributed by atoms with Crippen LogP contribution >= 0.6 is 11.6 Å². The lowest BCUT2D eigenvalue weighted by Crippen LogP contribution is -2.52. The Hall–Kier alpha value is -1.22. The molecular weight excluding hydrogens is 262 g/mol. The highest BCUT2D eigenvalue weighted by atomic mass is 35.5. The van der Waals surface area contributed by atoms with Gasteiger partial charge in [0.2, 0.25) is 0 Å². The molecule has 1 aliphatic rings. The summed E-state index contributed by atoms with van der Waals surface area (Å²) in [6.45, 7) is 8.59. The molecule has 3 nitrogen and oxygen atoms in total. The van der Waals surface area contributed by atoms with Gasteiger partial charge >= 0.3 is 0 Å². The van der Waals surface area contributed by atoms with Gasteiger partial charge in [0.1, 0.15) is 5.75 Å². The van der Waals surface area contributed by atoms with Gasteiger partial charge in [-0.25, -0.2) is 0 Å². The number of hydrogen-bond donors (Lipinski definition) is 0. The second-order valence-corrected chi connectivity index (χ2v) is 6.30. The first-order valence-electron chi connectivity index (χ1n) is 6.62. The Morgan fingerprint density at radius 1 is 1.37 bits per heavy atom. The highest BCUT2D eigenvalue weighted by molar-refractivity contribution is 6.31. The third-order valence-electron chi connectivity index (χ3n) is 3.27. The van der Waals surface area contributed by atoms with Crippen LogP contribution in [0.2, 0.25) is 5.02 Å². The predicted molar refractivity (Wildman–Crippen MR) is 78.0 cm³/mol. The number of carbonyl (C=O) groups is 1. The largest absolute Gasteiger partial charge is 0.476 e. The van der Waals surface area contributed by atoms with Crippen molar-refractivity contribution in [2.75, 3.05) is 11.4 Å². The Kier molecular flexibility index (Phi) is 3.77. The standard InChI is InChI=1S/C15H20ClNO2/c1-10(2)7-8-17-12-9-11(16)5-6-13(12)19-15(3,4)14(17)18/h5-6,9-10H,7-8H2,1-4H3. The fourth-order valence-electron chi connectivity index (χ4n) is 2.15. The number of carbonyl (C=O) groups excluding carboxylic acids is 1. The molecule has 0 atom stereocenters. The second kappa shape index (κ2) is 5.04. The molecule has 0 unspecified atom stereocenters. The molecule has 0 saturated heterocycles. The van der Waals surface area contributed by atoms with Crippen LogP contribution < -0.4 is 9.64 Å². The van der Waals surface area contributed by atoms with E-state index in [1.54, 1.807) is 30.9 Å². The molecule has 104 valence electrons. The van der Waals surface area contributed by atoms with Crippen molar-refractivity contribution in [1.82, 2.24) is 0 Å². The average Bonchev–Trinajstić information content (AvgIpc) is 2.30. The molecule has 1 heterocycles. The summed E-state index contributed by atoms with van der Waals surface area (Å²) in [7, 11) is 0. The van der Waals surface area contributed by atoms with Gasteiger partial charge in [0, 0.05) is 11.6 Å². The molecule has 2 rings (SSSR count). The van der Waals surface area contributed by atoms with Gasteiger partial charge in [0.25, 0.3) is 5.91 Å². The first-order chi connectivity index (χ1) is 8.81. The van der Waals surface area contributed by atoms with E-state index in [1.165, 1.54) is 0 Å². The zero-order valence-corrected chi connectivity index (χ0v) is 12.6. The molecule has 0 aliphatic carbocycles. The average molecular weight is 282 g/mol. The summed E-state index contributed by atoms with van der Waals surface area (Å²) in [6, 6.07) is 5.41. The first-order valence-corrected chi connectivity index (χ1v) is 6.99. The van der Waals surface area contributed by atoms with Gasteiger partial charge < -0.3 is 9.64 Å². The summed E-state index contributed by atoms with van der Waals surface area (Å²) in [6.07, 6.45) is 0.952. The minimum Gasteiger partial charge on any atom is -0.476 e. The van der Waals surface area contributed by atoms with E-state index in [0.29, 0.717) is 17.5 Å². The number of rotatable bonds is 3. The SMILES string of the molecule is CC(C)CCN1C(=O)C(C)(C)Oc2ccc(Cl)cc21. The van der Waals surface area contributed by atoms with E-state index in [-0.39, 0.29) is 5.91 Å². The van der Waals surface area contributed by atoms with Crippen LogP contribution in [-0.2, 0) is 4.79 Å². The minimum absolute atomic E-state index is 0.0112. The van der Waals surface area contributed by atoms with Gasteiger partial charge in [-0.15, -0.1) is 0 Å². The monoisotopic (exact) mass is 281 g/mol.